The fourth-order valence-corrected chi connectivity index (χ4v) is 3.32. The number of nitrogens with zero attached hydrogens (tertiary/aromatic N) is 3. The van der Waals surface area contributed by atoms with E-state index >= 15 is 0 Å². The van der Waals surface area contributed by atoms with E-state index in [9.17, 15) is 4.79 Å². The van der Waals surface area contributed by atoms with Gasteiger partial charge in [-0.3, -0.25) is 9.89 Å². The normalized spacial score (nSPS) is 11.9. The largest absolute Gasteiger partial charge is 0.378 e. The maximum atomic E-state index is 12.4. The number of carbonyl (C=O) groups is 1. The van der Waals surface area contributed by atoms with Crippen LogP contribution in [0.2, 0.25) is 0 Å². The van der Waals surface area contributed by atoms with E-state index in [0.717, 1.165) is 21.4 Å². The van der Waals surface area contributed by atoms with E-state index < -0.39 is 0 Å². The van der Waals surface area contributed by atoms with Crippen molar-refractivity contribution in [1.29, 1.82) is 0 Å². The first-order valence-corrected chi connectivity index (χ1v) is 10.0. The molecular weight excluding hydrogens is 426 g/mol. The van der Waals surface area contributed by atoms with Crippen molar-refractivity contribution in [3.8, 4) is 11.4 Å². The lowest BCUT2D eigenvalue weighted by Gasteiger charge is -2.14. The maximum Gasteiger partial charge on any atom is 0.237 e. The van der Waals surface area contributed by atoms with Gasteiger partial charge in [0, 0.05) is 35.5 Å². The highest BCUT2D eigenvalue weighted by Gasteiger charge is 2.17. The highest BCUT2D eigenvalue weighted by molar-refractivity contribution is 9.10. The third-order valence-corrected chi connectivity index (χ3v) is 5.37. The molecule has 0 fully saturated rings. The van der Waals surface area contributed by atoms with Gasteiger partial charge in [-0.1, -0.05) is 39.8 Å². The van der Waals surface area contributed by atoms with E-state index in [1.165, 1.54) is 11.8 Å². The van der Waals surface area contributed by atoms with Crippen LogP contribution in [0.15, 0.2) is 58.2 Å². The average Bonchev–Trinajstić information content (AvgIpc) is 3.11. The number of carbonyl (C=O) groups excluding carboxylic acids is 1. The van der Waals surface area contributed by atoms with Gasteiger partial charge in [0.2, 0.25) is 11.1 Å². The zero-order chi connectivity index (χ0) is 19.4. The summed E-state index contributed by atoms with van der Waals surface area (Å²) in [5, 5.41) is 10.3. The number of aromatic nitrogens is 3. The Kier molecular flexibility index (Phi) is 6.18. The van der Waals surface area contributed by atoms with Crippen LogP contribution in [-0.4, -0.2) is 40.4 Å². The third kappa shape index (κ3) is 5.11. The Labute approximate surface area is 170 Å². The molecule has 0 aliphatic rings. The molecule has 1 atom stereocenters. The molecular formula is C19H20BrN5OS. The van der Waals surface area contributed by atoms with Crippen LogP contribution < -0.4 is 10.2 Å². The first kappa shape index (κ1) is 19.4. The minimum atomic E-state index is -0.327. The van der Waals surface area contributed by atoms with E-state index in [2.05, 4.69) is 36.4 Å². The number of rotatable bonds is 6. The van der Waals surface area contributed by atoms with Gasteiger partial charge < -0.3 is 10.2 Å². The number of thioether (sulfide) groups is 1. The molecule has 27 heavy (non-hydrogen) atoms. The number of benzene rings is 2. The van der Waals surface area contributed by atoms with Crippen molar-refractivity contribution in [3.63, 3.8) is 0 Å². The molecule has 0 unspecified atom stereocenters. The number of hydrogen-bond donors (Lipinski definition) is 2. The van der Waals surface area contributed by atoms with Crippen molar-refractivity contribution in [2.24, 2.45) is 0 Å². The number of halogens is 1. The molecule has 3 aromatic rings. The minimum Gasteiger partial charge on any atom is -0.378 e. The quantitative estimate of drug-likeness (QED) is 0.549. The van der Waals surface area contributed by atoms with Crippen LogP contribution in [0.25, 0.3) is 11.4 Å². The number of nitrogens with one attached hydrogen (secondary N) is 2. The van der Waals surface area contributed by atoms with Crippen LogP contribution in [-0.2, 0) is 4.79 Å². The number of H-pyrrole nitrogens is 1. The number of anilines is 2. The average molecular weight is 446 g/mol. The molecule has 0 aliphatic heterocycles. The molecule has 0 bridgehead atoms. The fraction of sp³-hybridized carbons (Fsp3) is 0.211. The van der Waals surface area contributed by atoms with Crippen molar-refractivity contribution >= 4 is 45.0 Å². The first-order chi connectivity index (χ1) is 12.9. The highest BCUT2D eigenvalue weighted by atomic mass is 79.9. The summed E-state index contributed by atoms with van der Waals surface area (Å²) in [6.07, 6.45) is 0. The summed E-state index contributed by atoms with van der Waals surface area (Å²) in [5.74, 6) is 0.587. The third-order valence-electron chi connectivity index (χ3n) is 3.89. The van der Waals surface area contributed by atoms with Crippen molar-refractivity contribution in [1.82, 2.24) is 15.2 Å². The Morgan fingerprint density at radius 3 is 2.44 bits per heavy atom. The summed E-state index contributed by atoms with van der Waals surface area (Å²) in [4.78, 5) is 18.9. The van der Waals surface area contributed by atoms with Gasteiger partial charge in [-0.15, -0.1) is 5.10 Å². The molecule has 0 saturated carbocycles. The Morgan fingerprint density at radius 1 is 1.15 bits per heavy atom. The Balaban J connectivity index is 1.60. The molecule has 2 aromatic carbocycles. The molecule has 0 spiro atoms. The standard InChI is InChI=1S/C19H20BrN5OS/c1-12(18(26)21-15-8-10-16(11-9-15)25(2)3)27-19-22-17(23-24-19)13-4-6-14(20)7-5-13/h4-12H,1-3H3,(H,21,26)(H,22,23,24)/t12-/m0/s1. The minimum absolute atomic E-state index is 0.0902. The van der Waals surface area contributed by atoms with Gasteiger partial charge in [-0.2, -0.15) is 0 Å². The molecule has 6 nitrogen and oxygen atoms in total. The Bertz CT molecular complexity index is 909. The van der Waals surface area contributed by atoms with Gasteiger partial charge in [0.05, 0.1) is 5.25 Å². The topological polar surface area (TPSA) is 73.9 Å². The number of hydrogen-bond acceptors (Lipinski definition) is 5. The van der Waals surface area contributed by atoms with Crippen LogP contribution in [0.3, 0.4) is 0 Å². The Hall–Kier alpha value is -2.32. The van der Waals surface area contributed by atoms with Crippen LogP contribution in [0, 0.1) is 0 Å². The molecule has 0 aliphatic carbocycles. The van der Waals surface area contributed by atoms with Crippen molar-refractivity contribution < 1.29 is 4.79 Å². The van der Waals surface area contributed by atoms with Crippen LogP contribution in [0.4, 0.5) is 11.4 Å². The molecule has 1 heterocycles. The summed E-state index contributed by atoms with van der Waals surface area (Å²) in [6, 6.07) is 15.5. The molecule has 0 saturated heterocycles. The highest BCUT2D eigenvalue weighted by Crippen LogP contribution is 2.25. The zero-order valence-electron chi connectivity index (χ0n) is 15.2. The molecule has 0 radical (unpaired) electrons. The summed E-state index contributed by atoms with van der Waals surface area (Å²) in [6.45, 7) is 1.84. The summed E-state index contributed by atoms with van der Waals surface area (Å²) in [7, 11) is 3.96. The van der Waals surface area contributed by atoms with E-state index in [0.29, 0.717) is 11.0 Å². The second-order valence-electron chi connectivity index (χ2n) is 6.16. The maximum absolute atomic E-state index is 12.4. The van der Waals surface area contributed by atoms with Crippen molar-refractivity contribution in [2.45, 2.75) is 17.3 Å². The lowest BCUT2D eigenvalue weighted by atomic mass is 10.2. The van der Waals surface area contributed by atoms with Gasteiger partial charge in [0.15, 0.2) is 5.82 Å². The number of amides is 1. The Morgan fingerprint density at radius 2 is 1.81 bits per heavy atom. The van der Waals surface area contributed by atoms with E-state index in [1.54, 1.807) is 0 Å². The van der Waals surface area contributed by atoms with Gasteiger partial charge >= 0.3 is 0 Å². The van der Waals surface area contributed by atoms with Gasteiger partial charge in [-0.05, 0) is 43.3 Å². The lowest BCUT2D eigenvalue weighted by molar-refractivity contribution is -0.115. The molecule has 8 heteroatoms. The van der Waals surface area contributed by atoms with Crippen LogP contribution >= 0.6 is 27.7 Å². The van der Waals surface area contributed by atoms with E-state index in [1.807, 2.05) is 74.4 Å². The summed E-state index contributed by atoms with van der Waals surface area (Å²) >= 11 is 4.73. The second-order valence-corrected chi connectivity index (χ2v) is 8.39. The predicted molar refractivity (Wildman–Crippen MR) is 114 cm³/mol. The van der Waals surface area contributed by atoms with Crippen molar-refractivity contribution in [3.05, 3.63) is 53.0 Å². The second kappa shape index (κ2) is 8.58. The summed E-state index contributed by atoms with van der Waals surface area (Å²) < 4.78 is 1.00. The van der Waals surface area contributed by atoms with Gasteiger partial charge in [0.25, 0.3) is 0 Å². The van der Waals surface area contributed by atoms with E-state index in [4.69, 9.17) is 0 Å². The molecule has 1 aromatic heterocycles. The van der Waals surface area contributed by atoms with Gasteiger partial charge in [0.1, 0.15) is 0 Å². The van der Waals surface area contributed by atoms with Crippen LogP contribution in [0.5, 0.6) is 0 Å². The predicted octanol–water partition coefficient (Wildman–Crippen LogP) is 4.42. The summed E-state index contributed by atoms with van der Waals surface area (Å²) in [5.41, 5.74) is 2.79. The number of aromatic amines is 1. The molecule has 2 N–H and O–H groups in total. The van der Waals surface area contributed by atoms with Crippen LogP contribution in [0.1, 0.15) is 6.92 Å². The fourth-order valence-electron chi connectivity index (χ4n) is 2.33. The monoisotopic (exact) mass is 445 g/mol. The molecule has 1 amide bonds. The smallest absolute Gasteiger partial charge is 0.237 e. The molecule has 3 rings (SSSR count). The lowest BCUT2D eigenvalue weighted by Crippen LogP contribution is -2.22. The molecule has 140 valence electrons. The van der Waals surface area contributed by atoms with Gasteiger partial charge in [-0.25, -0.2) is 4.98 Å². The first-order valence-electron chi connectivity index (χ1n) is 8.35. The van der Waals surface area contributed by atoms with Crippen molar-refractivity contribution in [2.75, 3.05) is 24.3 Å². The van der Waals surface area contributed by atoms with E-state index in [-0.39, 0.29) is 11.2 Å². The SMILES string of the molecule is C[C@H](Sc1n[nH]c(-c2ccc(Br)cc2)n1)C(=O)Nc1ccc(N(C)C)cc1. The zero-order valence-corrected chi connectivity index (χ0v) is 17.6.